The van der Waals surface area contributed by atoms with Gasteiger partial charge in [-0.3, -0.25) is 4.79 Å². The minimum Gasteiger partial charge on any atom is -0.394 e. The van der Waals surface area contributed by atoms with E-state index in [1.807, 2.05) is 13.0 Å². The molecule has 1 amide bonds. The van der Waals surface area contributed by atoms with Crippen molar-refractivity contribution in [3.63, 3.8) is 0 Å². The number of nitrogens with one attached hydrogen (secondary N) is 1. The van der Waals surface area contributed by atoms with Crippen molar-refractivity contribution < 1.29 is 64.6 Å². The Morgan fingerprint density at radius 2 is 0.939 bits per heavy atom. The molecule has 390 valence electrons. The summed E-state index contributed by atoms with van der Waals surface area (Å²) in [6, 6.07) is -0.905. The summed E-state index contributed by atoms with van der Waals surface area (Å²) in [6.45, 7) is 2.58. The van der Waals surface area contributed by atoms with Crippen molar-refractivity contribution in [3.05, 3.63) is 12.2 Å². The zero-order valence-corrected chi connectivity index (χ0v) is 41.5. The second-order valence-corrected chi connectivity index (χ2v) is 19.4. The molecule has 0 spiro atoms. The van der Waals surface area contributed by atoms with Crippen LogP contribution < -0.4 is 5.32 Å². The van der Waals surface area contributed by atoms with Gasteiger partial charge < -0.3 is 65.1 Å². The number of hydrogen-bond acceptors (Lipinski definition) is 13. The highest BCUT2D eigenvalue weighted by atomic mass is 16.7. The molecule has 12 atom stereocenters. The van der Waals surface area contributed by atoms with E-state index in [0.29, 0.717) is 6.42 Å². The van der Waals surface area contributed by atoms with Crippen LogP contribution in [0.15, 0.2) is 12.2 Å². The van der Waals surface area contributed by atoms with E-state index >= 15 is 0 Å². The van der Waals surface area contributed by atoms with Crippen LogP contribution in [0.5, 0.6) is 0 Å². The van der Waals surface area contributed by atoms with Gasteiger partial charge in [0.2, 0.25) is 5.91 Å². The average Bonchev–Trinajstić information content (AvgIpc) is 3.31. The molecule has 12 unspecified atom stereocenters. The van der Waals surface area contributed by atoms with Gasteiger partial charge >= 0.3 is 0 Å². The van der Waals surface area contributed by atoms with Crippen LogP contribution in [0.2, 0.25) is 0 Å². The molecule has 0 radical (unpaired) electrons. The summed E-state index contributed by atoms with van der Waals surface area (Å²) in [4.78, 5) is 13.0. The van der Waals surface area contributed by atoms with Gasteiger partial charge in [0.05, 0.1) is 32.0 Å². The first-order valence-corrected chi connectivity index (χ1v) is 26.9. The van der Waals surface area contributed by atoms with E-state index in [0.717, 1.165) is 32.1 Å². The third kappa shape index (κ3) is 26.1. The van der Waals surface area contributed by atoms with Crippen molar-refractivity contribution in [1.29, 1.82) is 0 Å². The van der Waals surface area contributed by atoms with Gasteiger partial charge in [0.15, 0.2) is 12.6 Å². The summed E-state index contributed by atoms with van der Waals surface area (Å²) in [6.07, 6.45) is 26.9. The maximum Gasteiger partial charge on any atom is 0.220 e. The molecule has 2 aliphatic rings. The minimum atomic E-state index is -1.78. The second-order valence-electron chi connectivity index (χ2n) is 19.4. The zero-order valence-electron chi connectivity index (χ0n) is 41.5. The summed E-state index contributed by atoms with van der Waals surface area (Å²) in [5.74, 6) is -0.247. The van der Waals surface area contributed by atoms with E-state index in [-0.39, 0.29) is 18.9 Å². The second kappa shape index (κ2) is 39.5. The summed E-state index contributed by atoms with van der Waals surface area (Å²) in [7, 11) is 0. The van der Waals surface area contributed by atoms with E-state index in [4.69, 9.17) is 18.9 Å². The van der Waals surface area contributed by atoms with Crippen LogP contribution in [-0.4, -0.2) is 140 Å². The zero-order chi connectivity index (χ0) is 48.2. The van der Waals surface area contributed by atoms with Gasteiger partial charge in [-0.15, -0.1) is 0 Å². The summed E-state index contributed by atoms with van der Waals surface area (Å²) in [5, 5.41) is 85.9. The fourth-order valence-electron chi connectivity index (χ4n) is 9.06. The number of carbonyl (C=O) groups excluding carboxylic acids is 1. The maximum atomic E-state index is 13.0. The van der Waals surface area contributed by atoms with Crippen molar-refractivity contribution in [2.24, 2.45) is 0 Å². The van der Waals surface area contributed by atoms with Crippen LogP contribution in [0.3, 0.4) is 0 Å². The third-order valence-corrected chi connectivity index (χ3v) is 13.5. The van der Waals surface area contributed by atoms with Crippen LogP contribution in [0.4, 0.5) is 0 Å². The van der Waals surface area contributed by atoms with E-state index in [9.17, 15) is 45.6 Å². The number of ether oxygens (including phenoxy) is 4. The quantitative estimate of drug-likeness (QED) is 0.0213. The Labute approximate surface area is 399 Å². The Balaban J connectivity index is 1.53. The van der Waals surface area contributed by atoms with Crippen LogP contribution in [0, 0.1) is 0 Å². The number of carbonyl (C=O) groups is 1. The van der Waals surface area contributed by atoms with Gasteiger partial charge in [-0.1, -0.05) is 212 Å². The highest BCUT2D eigenvalue weighted by molar-refractivity contribution is 5.76. The molecule has 0 aromatic carbocycles. The molecule has 2 saturated heterocycles. The van der Waals surface area contributed by atoms with Crippen LogP contribution >= 0.6 is 0 Å². The lowest BCUT2D eigenvalue weighted by atomic mass is 9.97. The van der Waals surface area contributed by atoms with Crippen molar-refractivity contribution in [1.82, 2.24) is 5.32 Å². The molecule has 2 aliphatic heterocycles. The molecule has 0 aliphatic carbocycles. The number of aliphatic hydroxyl groups excluding tert-OH is 8. The number of hydrogen-bond donors (Lipinski definition) is 9. The number of allylic oxidation sites excluding steroid dienone is 1. The number of rotatable bonds is 42. The lowest BCUT2D eigenvalue weighted by Crippen LogP contribution is -2.65. The van der Waals surface area contributed by atoms with Gasteiger partial charge in [-0.05, 0) is 12.8 Å². The van der Waals surface area contributed by atoms with E-state index in [1.165, 1.54) is 161 Å². The first-order chi connectivity index (χ1) is 32.1. The molecule has 14 nitrogen and oxygen atoms in total. The Morgan fingerprint density at radius 1 is 0.530 bits per heavy atom. The monoisotopic (exact) mass is 946 g/mol. The first kappa shape index (κ1) is 60.9. The topological polar surface area (TPSA) is 228 Å². The largest absolute Gasteiger partial charge is 0.394 e. The molecule has 9 N–H and O–H groups in total. The number of unbranched alkanes of at least 4 members (excludes halogenated alkanes) is 29. The van der Waals surface area contributed by atoms with Crippen LogP contribution in [0.1, 0.15) is 219 Å². The van der Waals surface area contributed by atoms with Crippen LogP contribution in [0.25, 0.3) is 0 Å². The summed E-state index contributed by atoms with van der Waals surface area (Å²) in [5.41, 5.74) is 0. The molecule has 0 saturated carbocycles. The molecule has 0 aromatic heterocycles. The number of amides is 1. The van der Waals surface area contributed by atoms with E-state index in [1.54, 1.807) is 6.08 Å². The molecular weight excluding hydrogens is 847 g/mol. The predicted octanol–water partition coefficient (Wildman–Crippen LogP) is 7.55. The standard InChI is InChI=1S/C52H99NO13/c1-3-5-7-8-9-10-11-12-13-14-15-16-17-18-19-20-21-22-23-24-25-26-27-28-29-30-31-32-34-36-44(57)53-40(41(56)35-33-6-4-2)39-63-51-49(62)47(60)50(43(38-55)65-51)66-52-48(61)46(59)45(58)42(37-54)64-52/h33,35,40-43,45-52,54-56,58-62H,3-32,34,36-39H2,1-2H3,(H,53,57)/b35-33+. The Kier molecular flexibility index (Phi) is 36.4. The van der Waals surface area contributed by atoms with Crippen molar-refractivity contribution in [2.45, 2.75) is 293 Å². The van der Waals surface area contributed by atoms with Gasteiger partial charge in [-0.25, -0.2) is 0 Å². The van der Waals surface area contributed by atoms with Crippen molar-refractivity contribution in [2.75, 3.05) is 19.8 Å². The van der Waals surface area contributed by atoms with Crippen molar-refractivity contribution in [3.8, 4) is 0 Å². The smallest absolute Gasteiger partial charge is 0.220 e. The first-order valence-electron chi connectivity index (χ1n) is 26.9. The Hall–Kier alpha value is -1.27. The molecule has 2 rings (SSSR count). The molecule has 2 fully saturated rings. The van der Waals surface area contributed by atoms with Crippen molar-refractivity contribution >= 4 is 5.91 Å². The molecule has 2 heterocycles. The lowest BCUT2D eigenvalue weighted by molar-refractivity contribution is -0.359. The highest BCUT2D eigenvalue weighted by Gasteiger charge is 2.51. The van der Waals surface area contributed by atoms with Gasteiger partial charge in [0, 0.05) is 6.42 Å². The highest BCUT2D eigenvalue weighted by Crippen LogP contribution is 2.30. The van der Waals surface area contributed by atoms with E-state index in [2.05, 4.69) is 12.2 Å². The number of aliphatic hydroxyl groups is 8. The normalized spacial score (nSPS) is 26.8. The fraction of sp³-hybridized carbons (Fsp3) is 0.942. The predicted molar refractivity (Wildman–Crippen MR) is 259 cm³/mol. The molecular formula is C52H99NO13. The Bertz CT molecular complexity index is 1160. The Morgan fingerprint density at radius 3 is 1.36 bits per heavy atom. The fourth-order valence-corrected chi connectivity index (χ4v) is 9.06. The third-order valence-electron chi connectivity index (χ3n) is 13.5. The average molecular weight is 946 g/mol. The van der Waals surface area contributed by atoms with Gasteiger partial charge in [0.25, 0.3) is 0 Å². The molecule has 14 heteroatoms. The summed E-state index contributed by atoms with van der Waals surface area (Å²) < 4.78 is 22.5. The van der Waals surface area contributed by atoms with Crippen LogP contribution in [-0.2, 0) is 23.7 Å². The molecule has 0 bridgehead atoms. The van der Waals surface area contributed by atoms with E-state index < -0.39 is 86.8 Å². The van der Waals surface area contributed by atoms with Gasteiger partial charge in [0.1, 0.15) is 48.8 Å². The van der Waals surface area contributed by atoms with Gasteiger partial charge in [-0.2, -0.15) is 0 Å². The molecule has 66 heavy (non-hydrogen) atoms. The minimum absolute atomic E-state index is 0.247. The lowest BCUT2D eigenvalue weighted by Gasteiger charge is -2.46. The summed E-state index contributed by atoms with van der Waals surface area (Å²) >= 11 is 0. The molecule has 0 aromatic rings. The maximum absolute atomic E-state index is 13.0. The SMILES string of the molecule is CCC/C=C/C(O)C(COC1OC(CO)C(OC2OC(CO)C(O)C(O)C2O)C(O)C1O)NC(=O)CCCCCCCCCCCCCCCCCCCCCCCCCCCCCCC.